The van der Waals surface area contributed by atoms with Gasteiger partial charge in [0.2, 0.25) is 0 Å². The van der Waals surface area contributed by atoms with E-state index in [1.807, 2.05) is 0 Å². The number of Topliss-reactive ketones (excluding diaryl/α,β-unsaturated/α-hetero) is 1. The summed E-state index contributed by atoms with van der Waals surface area (Å²) in [5, 5.41) is 0. The van der Waals surface area contributed by atoms with E-state index in [2.05, 4.69) is 32.6 Å². The molecule has 0 saturated carbocycles. The Morgan fingerprint density at radius 3 is 1.69 bits per heavy atom. The summed E-state index contributed by atoms with van der Waals surface area (Å²) in [6.07, 6.45) is 3.17. The second-order valence-electron chi connectivity index (χ2n) is 5.66. The van der Waals surface area contributed by atoms with Gasteiger partial charge in [-0.25, -0.2) is 0 Å². The average molecular weight is 227 g/mol. The molecule has 0 N–H and O–H groups in total. The van der Waals surface area contributed by atoms with Gasteiger partial charge in [-0.1, -0.05) is 27.7 Å². The van der Waals surface area contributed by atoms with Crippen LogP contribution in [0.5, 0.6) is 0 Å². The van der Waals surface area contributed by atoms with Crippen LogP contribution < -0.4 is 0 Å². The number of nitrogens with zero attached hydrogens (tertiary/aromatic N) is 1. The standard InChI is InChI=1S/C14H29NO/c1-12(2)6-9-15(10-7-13(3)4)11-8-14(5)16/h12-13H,6-11H2,1-5H3. The molecule has 96 valence electrons. The van der Waals surface area contributed by atoms with Crippen LogP contribution in [0.3, 0.4) is 0 Å². The lowest BCUT2D eigenvalue weighted by Gasteiger charge is -2.23. The predicted octanol–water partition coefficient (Wildman–Crippen LogP) is 3.36. The van der Waals surface area contributed by atoms with Crippen molar-refractivity contribution in [1.29, 1.82) is 0 Å². The van der Waals surface area contributed by atoms with Crippen molar-refractivity contribution < 1.29 is 4.79 Å². The van der Waals surface area contributed by atoms with Crippen molar-refractivity contribution in [1.82, 2.24) is 4.90 Å². The Bertz CT molecular complexity index is 175. The van der Waals surface area contributed by atoms with Crippen molar-refractivity contribution in [3.63, 3.8) is 0 Å². The zero-order chi connectivity index (χ0) is 12.6. The third-order valence-corrected chi connectivity index (χ3v) is 2.83. The molecule has 0 fully saturated rings. The SMILES string of the molecule is CC(=O)CCN(CCC(C)C)CCC(C)C. The first kappa shape index (κ1) is 15.6. The molecule has 0 atom stereocenters. The highest BCUT2D eigenvalue weighted by atomic mass is 16.1. The van der Waals surface area contributed by atoms with Crippen LogP contribution in [0.4, 0.5) is 0 Å². The maximum atomic E-state index is 11.0. The zero-order valence-corrected chi connectivity index (χ0v) is 11.8. The van der Waals surface area contributed by atoms with Crippen LogP contribution in [0, 0.1) is 11.8 Å². The average Bonchev–Trinajstić information content (AvgIpc) is 2.15. The number of ketones is 1. The van der Waals surface area contributed by atoms with E-state index >= 15 is 0 Å². The maximum Gasteiger partial charge on any atom is 0.131 e. The maximum absolute atomic E-state index is 11.0. The highest BCUT2D eigenvalue weighted by Gasteiger charge is 2.08. The van der Waals surface area contributed by atoms with E-state index in [1.54, 1.807) is 6.92 Å². The third kappa shape index (κ3) is 10.2. The van der Waals surface area contributed by atoms with E-state index in [-0.39, 0.29) is 0 Å². The first-order valence-corrected chi connectivity index (χ1v) is 6.63. The molecule has 0 amide bonds. The number of carbonyl (C=O) groups is 1. The molecule has 0 bridgehead atoms. The molecular formula is C14H29NO. The second kappa shape index (κ2) is 8.74. The van der Waals surface area contributed by atoms with Crippen LogP contribution in [0.2, 0.25) is 0 Å². The molecule has 2 nitrogen and oxygen atoms in total. The van der Waals surface area contributed by atoms with Crippen molar-refractivity contribution in [2.75, 3.05) is 19.6 Å². The van der Waals surface area contributed by atoms with Crippen LogP contribution in [0.25, 0.3) is 0 Å². The highest BCUT2D eigenvalue weighted by Crippen LogP contribution is 2.07. The Balaban J connectivity index is 3.89. The summed E-state index contributed by atoms with van der Waals surface area (Å²) >= 11 is 0. The lowest BCUT2D eigenvalue weighted by Crippen LogP contribution is -2.29. The number of rotatable bonds is 9. The van der Waals surface area contributed by atoms with Gasteiger partial charge in [0.15, 0.2) is 0 Å². The van der Waals surface area contributed by atoms with Crippen LogP contribution in [-0.4, -0.2) is 30.3 Å². The smallest absolute Gasteiger partial charge is 0.131 e. The molecule has 0 aromatic carbocycles. The van der Waals surface area contributed by atoms with Crippen molar-refractivity contribution >= 4 is 5.78 Å². The van der Waals surface area contributed by atoms with Crippen molar-refractivity contribution in [2.45, 2.75) is 53.9 Å². The van der Waals surface area contributed by atoms with Crippen molar-refractivity contribution in [3.05, 3.63) is 0 Å². The van der Waals surface area contributed by atoms with Gasteiger partial charge in [0.1, 0.15) is 5.78 Å². The topological polar surface area (TPSA) is 20.3 Å². The summed E-state index contributed by atoms with van der Waals surface area (Å²) in [7, 11) is 0. The quantitative estimate of drug-likeness (QED) is 0.602. The largest absolute Gasteiger partial charge is 0.303 e. The van der Waals surface area contributed by atoms with E-state index in [9.17, 15) is 4.79 Å². The second-order valence-corrected chi connectivity index (χ2v) is 5.66. The van der Waals surface area contributed by atoms with Crippen LogP contribution in [0.15, 0.2) is 0 Å². The number of hydrogen-bond donors (Lipinski definition) is 0. The van der Waals surface area contributed by atoms with Crippen LogP contribution in [0.1, 0.15) is 53.9 Å². The normalized spacial score (nSPS) is 11.8. The van der Waals surface area contributed by atoms with E-state index in [0.29, 0.717) is 12.2 Å². The zero-order valence-electron chi connectivity index (χ0n) is 11.8. The number of hydrogen-bond acceptors (Lipinski definition) is 2. The van der Waals surface area contributed by atoms with E-state index < -0.39 is 0 Å². The van der Waals surface area contributed by atoms with Crippen LogP contribution >= 0.6 is 0 Å². The molecule has 0 aliphatic heterocycles. The summed E-state index contributed by atoms with van der Waals surface area (Å²) < 4.78 is 0. The fourth-order valence-electron chi connectivity index (χ4n) is 1.53. The predicted molar refractivity (Wildman–Crippen MR) is 70.6 cm³/mol. The monoisotopic (exact) mass is 227 g/mol. The summed E-state index contributed by atoms with van der Waals surface area (Å²) in [5.41, 5.74) is 0. The summed E-state index contributed by atoms with van der Waals surface area (Å²) in [6, 6.07) is 0. The third-order valence-electron chi connectivity index (χ3n) is 2.83. The van der Waals surface area contributed by atoms with Gasteiger partial charge in [0.05, 0.1) is 0 Å². The van der Waals surface area contributed by atoms with Crippen molar-refractivity contribution in [3.8, 4) is 0 Å². The molecule has 0 radical (unpaired) electrons. The minimum absolute atomic E-state index is 0.305. The molecule has 0 rings (SSSR count). The van der Waals surface area contributed by atoms with E-state index in [0.717, 1.165) is 31.5 Å². The minimum Gasteiger partial charge on any atom is -0.303 e. The molecule has 2 heteroatoms. The lowest BCUT2D eigenvalue weighted by atomic mass is 10.1. The van der Waals surface area contributed by atoms with Gasteiger partial charge in [0.25, 0.3) is 0 Å². The Kier molecular flexibility index (Phi) is 8.54. The molecule has 0 aliphatic rings. The Morgan fingerprint density at radius 1 is 0.938 bits per heavy atom. The summed E-state index contributed by atoms with van der Waals surface area (Å²) in [4.78, 5) is 13.4. The number of carbonyl (C=O) groups excluding carboxylic acids is 1. The van der Waals surface area contributed by atoms with E-state index in [4.69, 9.17) is 0 Å². The van der Waals surface area contributed by atoms with Crippen LogP contribution in [-0.2, 0) is 4.79 Å². The Labute approximate surface area is 101 Å². The van der Waals surface area contributed by atoms with Crippen molar-refractivity contribution in [2.24, 2.45) is 11.8 Å². The van der Waals surface area contributed by atoms with E-state index in [1.165, 1.54) is 12.8 Å². The molecule has 16 heavy (non-hydrogen) atoms. The molecule has 0 heterocycles. The minimum atomic E-state index is 0.305. The molecular weight excluding hydrogens is 198 g/mol. The molecule has 0 saturated heterocycles. The Morgan fingerprint density at radius 2 is 1.38 bits per heavy atom. The highest BCUT2D eigenvalue weighted by molar-refractivity contribution is 5.75. The molecule has 0 unspecified atom stereocenters. The first-order valence-electron chi connectivity index (χ1n) is 6.63. The molecule has 0 spiro atoms. The van der Waals surface area contributed by atoms with Gasteiger partial charge < -0.3 is 4.90 Å². The lowest BCUT2D eigenvalue weighted by molar-refractivity contribution is -0.117. The first-order chi connectivity index (χ1) is 7.41. The van der Waals surface area contributed by atoms with Gasteiger partial charge in [-0.05, 0) is 44.7 Å². The molecule has 0 aliphatic carbocycles. The molecule has 0 aromatic rings. The summed E-state index contributed by atoms with van der Waals surface area (Å²) in [5.74, 6) is 1.80. The van der Waals surface area contributed by atoms with Gasteiger partial charge >= 0.3 is 0 Å². The van der Waals surface area contributed by atoms with Gasteiger partial charge in [-0.15, -0.1) is 0 Å². The fraction of sp³-hybridized carbons (Fsp3) is 0.929. The van der Waals surface area contributed by atoms with Gasteiger partial charge in [-0.3, -0.25) is 4.79 Å². The molecule has 0 aromatic heterocycles. The Hall–Kier alpha value is -0.370. The van der Waals surface area contributed by atoms with Gasteiger partial charge in [0, 0.05) is 13.0 Å². The van der Waals surface area contributed by atoms with Gasteiger partial charge in [-0.2, -0.15) is 0 Å². The fourth-order valence-corrected chi connectivity index (χ4v) is 1.53. The summed E-state index contributed by atoms with van der Waals surface area (Å²) in [6.45, 7) is 13.9.